The van der Waals surface area contributed by atoms with Crippen LogP contribution in [0.3, 0.4) is 0 Å². The van der Waals surface area contributed by atoms with Gasteiger partial charge in [0.05, 0.1) is 10.4 Å². The number of sulfonamides is 1. The van der Waals surface area contributed by atoms with Crippen molar-refractivity contribution in [3.63, 3.8) is 0 Å². The summed E-state index contributed by atoms with van der Waals surface area (Å²) in [5.74, 6) is 1.65. The first-order valence-corrected chi connectivity index (χ1v) is 13.6. The molecular formula is C28H28N4O2S. The van der Waals surface area contributed by atoms with Gasteiger partial charge in [-0.05, 0) is 79.6 Å². The molecule has 3 aromatic carbocycles. The van der Waals surface area contributed by atoms with Gasteiger partial charge in [-0.2, -0.15) is 4.31 Å². The maximum atomic E-state index is 13.4. The van der Waals surface area contributed by atoms with Gasteiger partial charge in [0.15, 0.2) is 0 Å². The Labute approximate surface area is 206 Å². The minimum atomic E-state index is -3.55. The Bertz CT molecular complexity index is 1500. The largest absolute Gasteiger partial charge is 0.367 e. The Morgan fingerprint density at radius 3 is 2.40 bits per heavy atom. The van der Waals surface area contributed by atoms with Gasteiger partial charge in [0.25, 0.3) is 0 Å². The van der Waals surface area contributed by atoms with Gasteiger partial charge in [-0.3, -0.25) is 0 Å². The summed E-state index contributed by atoms with van der Waals surface area (Å²) < 4.78 is 28.4. The van der Waals surface area contributed by atoms with Crippen molar-refractivity contribution in [3.8, 4) is 11.1 Å². The van der Waals surface area contributed by atoms with Crippen LogP contribution in [0.2, 0.25) is 0 Å². The van der Waals surface area contributed by atoms with Crippen molar-refractivity contribution >= 4 is 26.7 Å². The molecule has 0 spiro atoms. The van der Waals surface area contributed by atoms with E-state index in [-0.39, 0.29) is 6.04 Å². The van der Waals surface area contributed by atoms with Gasteiger partial charge in [0, 0.05) is 24.0 Å². The number of benzene rings is 3. The second-order valence-corrected chi connectivity index (χ2v) is 11.5. The standard InChI is InChI=1S/C28H28N4O2S/c1-19-29-27-15-10-22(17-26(27)28(30-19)31-23-11-12-23)21-7-5-6-20(16-21)18-32(24-13-14-24)35(33,34)25-8-3-2-4-9-25/h2-10,15-17,23-24H,11-14,18H2,1H3,(H,29,30,31). The zero-order valence-electron chi connectivity index (χ0n) is 19.7. The topological polar surface area (TPSA) is 75.2 Å². The van der Waals surface area contributed by atoms with E-state index >= 15 is 0 Å². The lowest BCUT2D eigenvalue weighted by Crippen LogP contribution is -2.32. The maximum absolute atomic E-state index is 13.4. The molecule has 1 heterocycles. The average Bonchev–Trinajstić information content (AvgIpc) is 3.79. The minimum absolute atomic E-state index is 0.0703. The summed E-state index contributed by atoms with van der Waals surface area (Å²) >= 11 is 0. The van der Waals surface area contributed by atoms with Crippen molar-refractivity contribution in [2.24, 2.45) is 0 Å². The minimum Gasteiger partial charge on any atom is -0.367 e. The van der Waals surface area contributed by atoms with E-state index < -0.39 is 10.0 Å². The molecule has 35 heavy (non-hydrogen) atoms. The summed E-state index contributed by atoms with van der Waals surface area (Å²) in [5.41, 5.74) is 4.02. The molecule has 2 fully saturated rings. The first-order chi connectivity index (χ1) is 17.0. The Morgan fingerprint density at radius 2 is 1.66 bits per heavy atom. The molecule has 1 N–H and O–H groups in total. The summed E-state index contributed by atoms with van der Waals surface area (Å²) in [6.07, 6.45) is 4.17. The van der Waals surface area contributed by atoms with Crippen LogP contribution in [0.25, 0.3) is 22.0 Å². The summed E-state index contributed by atoms with van der Waals surface area (Å²) in [7, 11) is -3.55. The molecule has 0 radical (unpaired) electrons. The van der Waals surface area contributed by atoms with Crippen LogP contribution in [0.4, 0.5) is 5.82 Å². The van der Waals surface area contributed by atoms with Crippen LogP contribution in [0, 0.1) is 6.92 Å². The highest BCUT2D eigenvalue weighted by molar-refractivity contribution is 7.89. The van der Waals surface area contributed by atoms with Crippen LogP contribution in [0.5, 0.6) is 0 Å². The summed E-state index contributed by atoms with van der Waals surface area (Å²) in [5, 5.41) is 4.55. The fourth-order valence-electron chi connectivity index (χ4n) is 4.49. The van der Waals surface area contributed by atoms with Crippen LogP contribution < -0.4 is 5.32 Å². The van der Waals surface area contributed by atoms with Gasteiger partial charge < -0.3 is 5.32 Å². The molecular weight excluding hydrogens is 456 g/mol. The quantitative estimate of drug-likeness (QED) is 0.356. The van der Waals surface area contributed by atoms with Crippen molar-refractivity contribution in [1.82, 2.24) is 14.3 Å². The third kappa shape index (κ3) is 4.66. The molecule has 0 atom stereocenters. The molecule has 6 rings (SSSR count). The van der Waals surface area contributed by atoms with E-state index in [0.29, 0.717) is 17.5 Å². The Balaban J connectivity index is 1.33. The molecule has 2 saturated carbocycles. The third-order valence-electron chi connectivity index (χ3n) is 6.63. The number of nitrogens with zero attached hydrogens (tertiary/aromatic N) is 3. The highest BCUT2D eigenvalue weighted by Crippen LogP contribution is 2.35. The molecule has 0 bridgehead atoms. The fraction of sp³-hybridized carbons (Fsp3) is 0.286. The zero-order valence-corrected chi connectivity index (χ0v) is 20.5. The lowest BCUT2D eigenvalue weighted by molar-refractivity contribution is 0.398. The van der Waals surface area contributed by atoms with Crippen LogP contribution in [0.1, 0.15) is 37.1 Å². The highest BCUT2D eigenvalue weighted by atomic mass is 32.2. The van der Waals surface area contributed by atoms with Crippen molar-refractivity contribution in [2.45, 2.75) is 56.1 Å². The molecule has 178 valence electrons. The van der Waals surface area contributed by atoms with Crippen molar-refractivity contribution < 1.29 is 8.42 Å². The van der Waals surface area contributed by atoms with Crippen molar-refractivity contribution in [3.05, 3.63) is 84.2 Å². The van der Waals surface area contributed by atoms with Gasteiger partial charge in [0.1, 0.15) is 11.6 Å². The van der Waals surface area contributed by atoms with Crippen LogP contribution >= 0.6 is 0 Å². The lowest BCUT2D eigenvalue weighted by atomic mass is 10.0. The molecule has 0 aliphatic heterocycles. The normalized spacial score (nSPS) is 16.1. The predicted octanol–water partition coefficient (Wildman–Crippen LogP) is 5.53. The Kier molecular flexibility index (Phi) is 5.54. The number of anilines is 1. The highest BCUT2D eigenvalue weighted by Gasteiger charge is 2.38. The van der Waals surface area contributed by atoms with Gasteiger partial charge in [-0.25, -0.2) is 18.4 Å². The smallest absolute Gasteiger partial charge is 0.243 e. The van der Waals surface area contributed by atoms with Crippen molar-refractivity contribution in [1.29, 1.82) is 0 Å². The van der Waals surface area contributed by atoms with Crippen molar-refractivity contribution in [2.75, 3.05) is 5.32 Å². The second-order valence-electron chi connectivity index (χ2n) is 9.56. The molecule has 0 amide bonds. The molecule has 2 aliphatic carbocycles. The number of rotatable bonds is 8. The molecule has 6 nitrogen and oxygen atoms in total. The van der Waals surface area contributed by atoms with E-state index in [9.17, 15) is 8.42 Å². The average molecular weight is 485 g/mol. The van der Waals surface area contributed by atoms with E-state index in [1.54, 1.807) is 28.6 Å². The number of fused-ring (bicyclic) bond motifs is 1. The molecule has 0 unspecified atom stereocenters. The first kappa shape index (κ1) is 22.2. The van der Waals surface area contributed by atoms with Crippen LogP contribution in [0.15, 0.2) is 77.7 Å². The van der Waals surface area contributed by atoms with Crippen LogP contribution in [-0.4, -0.2) is 34.8 Å². The first-order valence-electron chi connectivity index (χ1n) is 12.2. The maximum Gasteiger partial charge on any atom is 0.243 e. The van der Waals surface area contributed by atoms with E-state index in [2.05, 4.69) is 39.6 Å². The van der Waals surface area contributed by atoms with Crippen LogP contribution in [-0.2, 0) is 16.6 Å². The van der Waals surface area contributed by atoms with E-state index in [1.165, 1.54) is 12.8 Å². The number of nitrogens with one attached hydrogen (secondary N) is 1. The fourth-order valence-corrected chi connectivity index (χ4v) is 6.18. The molecule has 7 heteroatoms. The number of hydrogen-bond donors (Lipinski definition) is 1. The van der Waals surface area contributed by atoms with Gasteiger partial charge in [-0.15, -0.1) is 0 Å². The Hall–Kier alpha value is -3.29. The SMILES string of the molecule is Cc1nc(NC2CC2)c2cc(-c3cccc(CN(C4CC4)S(=O)(=O)c4ccccc4)c3)ccc2n1. The van der Waals surface area contributed by atoms with Gasteiger partial charge in [-0.1, -0.05) is 42.5 Å². The van der Waals surface area contributed by atoms with E-state index in [1.807, 2.05) is 31.2 Å². The monoisotopic (exact) mass is 484 g/mol. The van der Waals surface area contributed by atoms with Gasteiger partial charge >= 0.3 is 0 Å². The number of hydrogen-bond acceptors (Lipinski definition) is 5. The molecule has 0 saturated heterocycles. The van der Waals surface area contributed by atoms with E-state index in [0.717, 1.165) is 52.1 Å². The second kappa shape index (κ2) is 8.73. The summed E-state index contributed by atoms with van der Waals surface area (Å²) in [6.45, 7) is 2.28. The Morgan fingerprint density at radius 1 is 0.886 bits per heavy atom. The zero-order chi connectivity index (χ0) is 24.0. The lowest BCUT2D eigenvalue weighted by Gasteiger charge is -2.22. The molecule has 4 aromatic rings. The van der Waals surface area contributed by atoms with E-state index in [4.69, 9.17) is 0 Å². The summed E-state index contributed by atoms with van der Waals surface area (Å²) in [4.78, 5) is 9.62. The predicted molar refractivity (Wildman–Crippen MR) is 139 cm³/mol. The number of aromatic nitrogens is 2. The molecule has 2 aliphatic rings. The molecule has 1 aromatic heterocycles. The van der Waals surface area contributed by atoms with Gasteiger partial charge in [0.2, 0.25) is 10.0 Å². The third-order valence-corrected chi connectivity index (χ3v) is 8.54. The number of aryl methyl sites for hydroxylation is 1. The summed E-state index contributed by atoms with van der Waals surface area (Å²) in [6, 6.07) is 23.7.